The molecule has 6 heteroatoms. The van der Waals surface area contributed by atoms with Crippen molar-refractivity contribution in [3.8, 4) is 0 Å². The lowest BCUT2D eigenvalue weighted by Gasteiger charge is -2.28. The van der Waals surface area contributed by atoms with Crippen molar-refractivity contribution in [1.29, 1.82) is 0 Å². The molecule has 2 aliphatic heterocycles. The fourth-order valence-corrected chi connectivity index (χ4v) is 3.26. The fraction of sp³-hybridized carbons (Fsp3) is 0.588. The number of fused-ring (bicyclic) bond motifs is 1. The van der Waals surface area contributed by atoms with E-state index in [0.29, 0.717) is 0 Å². The van der Waals surface area contributed by atoms with Gasteiger partial charge in [0.15, 0.2) is 0 Å². The number of benzene rings is 1. The minimum atomic E-state index is 0.812. The summed E-state index contributed by atoms with van der Waals surface area (Å²) in [7, 11) is 0. The average Bonchev–Trinajstić information content (AvgIpc) is 3.04. The Balaban J connectivity index is 1.44. The first-order valence-electron chi connectivity index (χ1n) is 8.48. The number of anilines is 1. The third-order valence-electron chi connectivity index (χ3n) is 4.66. The van der Waals surface area contributed by atoms with Gasteiger partial charge in [-0.05, 0) is 18.2 Å². The Kier molecular flexibility index (Phi) is 4.46. The number of hydrogen-bond donors (Lipinski definition) is 0. The molecule has 2 aromatic rings. The maximum Gasteiger partial charge on any atom is 0.0943 e. The first-order chi connectivity index (χ1) is 11.4. The molecule has 6 nitrogen and oxygen atoms in total. The Hall–Kier alpha value is -1.63. The maximum atomic E-state index is 5.43. The van der Waals surface area contributed by atoms with E-state index in [0.717, 1.165) is 71.2 Å². The van der Waals surface area contributed by atoms with Gasteiger partial charge in [-0.3, -0.25) is 9.58 Å². The molecule has 1 aromatic carbocycles. The molecule has 0 N–H and O–H groups in total. The predicted octanol–water partition coefficient (Wildman–Crippen LogP) is 1.21. The highest BCUT2D eigenvalue weighted by molar-refractivity contribution is 5.82. The summed E-state index contributed by atoms with van der Waals surface area (Å²) in [4.78, 5) is 4.81. The van der Waals surface area contributed by atoms with Crippen LogP contribution in [0.5, 0.6) is 0 Å². The lowest BCUT2D eigenvalue weighted by Crippen LogP contribution is -2.38. The lowest BCUT2D eigenvalue weighted by molar-refractivity contribution is 0.0360. The highest BCUT2D eigenvalue weighted by atomic mass is 16.5. The largest absolute Gasteiger partial charge is 0.379 e. The van der Waals surface area contributed by atoms with Gasteiger partial charge in [0, 0.05) is 50.0 Å². The molecule has 23 heavy (non-hydrogen) atoms. The van der Waals surface area contributed by atoms with E-state index >= 15 is 0 Å². The predicted molar refractivity (Wildman–Crippen MR) is 90.0 cm³/mol. The summed E-state index contributed by atoms with van der Waals surface area (Å²) in [6, 6.07) is 6.58. The maximum absolute atomic E-state index is 5.43. The molecule has 0 unspecified atom stereocenters. The number of hydrogen-bond acceptors (Lipinski definition) is 5. The second-order valence-corrected chi connectivity index (χ2v) is 6.19. The van der Waals surface area contributed by atoms with Gasteiger partial charge in [0.1, 0.15) is 0 Å². The van der Waals surface area contributed by atoms with Crippen molar-refractivity contribution in [2.24, 2.45) is 0 Å². The molecule has 2 aliphatic rings. The molecule has 4 rings (SSSR count). The summed E-state index contributed by atoms with van der Waals surface area (Å²) < 4.78 is 12.9. The van der Waals surface area contributed by atoms with Crippen molar-refractivity contribution in [3.63, 3.8) is 0 Å². The molecular formula is C17H24N4O2. The summed E-state index contributed by atoms with van der Waals surface area (Å²) in [6.07, 6.45) is 2.15. The first-order valence-corrected chi connectivity index (χ1v) is 8.48. The zero-order valence-electron chi connectivity index (χ0n) is 13.5. The van der Waals surface area contributed by atoms with Crippen molar-refractivity contribution in [3.05, 3.63) is 24.4 Å². The monoisotopic (exact) mass is 316 g/mol. The van der Waals surface area contributed by atoms with Crippen molar-refractivity contribution in [1.82, 2.24) is 14.7 Å². The Morgan fingerprint density at radius 1 is 0.913 bits per heavy atom. The Bertz CT molecular complexity index is 645. The van der Waals surface area contributed by atoms with Crippen LogP contribution in [-0.2, 0) is 16.0 Å². The van der Waals surface area contributed by atoms with Gasteiger partial charge in [-0.2, -0.15) is 5.10 Å². The minimum Gasteiger partial charge on any atom is -0.379 e. The number of nitrogens with zero attached hydrogens (tertiary/aromatic N) is 4. The molecule has 124 valence electrons. The van der Waals surface area contributed by atoms with Crippen LogP contribution in [0, 0.1) is 0 Å². The number of aromatic nitrogens is 2. The SMILES string of the molecule is c1cc2cn(CCN3CCOCC3)nc2cc1N1CCOCC1. The van der Waals surface area contributed by atoms with Gasteiger partial charge in [0.05, 0.1) is 38.5 Å². The standard InChI is InChI=1S/C17H24N4O2/c1-2-16(20-7-11-23-12-8-20)13-17-15(1)14-21(18-17)4-3-19-5-9-22-10-6-19/h1-2,13-14H,3-12H2. The van der Waals surface area contributed by atoms with Crippen LogP contribution in [0.3, 0.4) is 0 Å². The second kappa shape index (κ2) is 6.86. The topological polar surface area (TPSA) is 42.8 Å². The highest BCUT2D eigenvalue weighted by Crippen LogP contribution is 2.22. The molecule has 0 saturated carbocycles. The van der Waals surface area contributed by atoms with E-state index in [1.807, 2.05) is 0 Å². The van der Waals surface area contributed by atoms with Crippen molar-refractivity contribution >= 4 is 16.6 Å². The molecule has 2 fully saturated rings. The third kappa shape index (κ3) is 3.49. The molecule has 0 aliphatic carbocycles. The van der Waals surface area contributed by atoms with E-state index in [4.69, 9.17) is 14.6 Å². The van der Waals surface area contributed by atoms with Crippen LogP contribution in [0.15, 0.2) is 24.4 Å². The molecule has 0 spiro atoms. The van der Waals surface area contributed by atoms with Crippen molar-refractivity contribution < 1.29 is 9.47 Å². The van der Waals surface area contributed by atoms with E-state index < -0.39 is 0 Å². The van der Waals surface area contributed by atoms with E-state index in [1.165, 1.54) is 11.1 Å². The summed E-state index contributed by atoms with van der Waals surface area (Å²) in [6.45, 7) is 9.28. The average molecular weight is 316 g/mol. The summed E-state index contributed by atoms with van der Waals surface area (Å²) >= 11 is 0. The lowest BCUT2D eigenvalue weighted by atomic mass is 10.2. The van der Waals surface area contributed by atoms with Crippen LogP contribution in [0.2, 0.25) is 0 Å². The van der Waals surface area contributed by atoms with Gasteiger partial charge in [-0.1, -0.05) is 0 Å². The van der Waals surface area contributed by atoms with Gasteiger partial charge in [-0.25, -0.2) is 0 Å². The summed E-state index contributed by atoms with van der Waals surface area (Å²) in [5.41, 5.74) is 2.33. The van der Waals surface area contributed by atoms with Crippen molar-refractivity contribution in [2.45, 2.75) is 6.54 Å². The summed E-state index contributed by atoms with van der Waals surface area (Å²) in [5, 5.41) is 5.97. The van der Waals surface area contributed by atoms with Crippen molar-refractivity contribution in [2.75, 3.05) is 64.1 Å². The van der Waals surface area contributed by atoms with Crippen LogP contribution in [-0.4, -0.2) is 73.8 Å². The first kappa shape index (κ1) is 14.9. The molecule has 0 radical (unpaired) electrons. The van der Waals surface area contributed by atoms with Gasteiger partial charge in [0.2, 0.25) is 0 Å². The third-order valence-corrected chi connectivity index (χ3v) is 4.66. The van der Waals surface area contributed by atoms with Crippen LogP contribution in [0.25, 0.3) is 10.9 Å². The zero-order valence-corrected chi connectivity index (χ0v) is 13.5. The number of morpholine rings is 2. The molecule has 3 heterocycles. The summed E-state index contributed by atoms with van der Waals surface area (Å²) in [5.74, 6) is 0. The van der Waals surface area contributed by atoms with Crippen LogP contribution in [0.1, 0.15) is 0 Å². The Labute approximate surface area is 136 Å². The zero-order chi connectivity index (χ0) is 15.5. The van der Waals surface area contributed by atoms with Crippen LogP contribution >= 0.6 is 0 Å². The van der Waals surface area contributed by atoms with Gasteiger partial charge in [-0.15, -0.1) is 0 Å². The Morgan fingerprint density at radius 3 is 2.43 bits per heavy atom. The quantitative estimate of drug-likeness (QED) is 0.848. The van der Waals surface area contributed by atoms with E-state index in [1.54, 1.807) is 0 Å². The molecular weight excluding hydrogens is 292 g/mol. The van der Waals surface area contributed by atoms with E-state index in [-0.39, 0.29) is 0 Å². The highest BCUT2D eigenvalue weighted by Gasteiger charge is 2.13. The van der Waals surface area contributed by atoms with E-state index in [9.17, 15) is 0 Å². The Morgan fingerprint density at radius 2 is 1.65 bits per heavy atom. The van der Waals surface area contributed by atoms with E-state index in [2.05, 4.69) is 38.9 Å². The minimum absolute atomic E-state index is 0.812. The number of ether oxygens (including phenoxy) is 2. The number of rotatable bonds is 4. The smallest absolute Gasteiger partial charge is 0.0943 e. The molecule has 0 bridgehead atoms. The second-order valence-electron chi connectivity index (χ2n) is 6.19. The molecule has 0 amide bonds. The van der Waals surface area contributed by atoms with Gasteiger partial charge >= 0.3 is 0 Å². The normalized spacial score (nSPS) is 20.3. The fourth-order valence-electron chi connectivity index (χ4n) is 3.26. The van der Waals surface area contributed by atoms with Gasteiger partial charge < -0.3 is 14.4 Å². The van der Waals surface area contributed by atoms with Gasteiger partial charge in [0.25, 0.3) is 0 Å². The molecule has 0 atom stereocenters. The van der Waals surface area contributed by atoms with Crippen LogP contribution < -0.4 is 4.90 Å². The molecule has 2 saturated heterocycles. The molecule has 1 aromatic heterocycles. The van der Waals surface area contributed by atoms with Crippen LogP contribution in [0.4, 0.5) is 5.69 Å².